The molecule has 0 spiro atoms. The lowest BCUT2D eigenvalue weighted by molar-refractivity contribution is -0.138. The predicted molar refractivity (Wildman–Crippen MR) is 99.2 cm³/mol. The van der Waals surface area contributed by atoms with E-state index in [1.165, 1.54) is 24.3 Å². The molecule has 1 aromatic heterocycles. The van der Waals surface area contributed by atoms with E-state index in [9.17, 15) is 31.1 Å². The lowest BCUT2D eigenvalue weighted by Gasteiger charge is -2.08. The number of aryl methyl sites for hydroxylation is 1. The third-order valence-corrected chi connectivity index (χ3v) is 4.56. The first-order valence-corrected chi connectivity index (χ1v) is 8.80. The summed E-state index contributed by atoms with van der Waals surface area (Å²) in [6, 6.07) is 10.6. The highest BCUT2D eigenvalue weighted by atomic mass is 19.4. The van der Waals surface area contributed by atoms with E-state index in [0.29, 0.717) is 28.1 Å². The third-order valence-electron chi connectivity index (χ3n) is 4.56. The molecule has 9 heteroatoms. The topological polar surface area (TPSA) is 58.9 Å². The summed E-state index contributed by atoms with van der Waals surface area (Å²) >= 11 is 0. The average molecular weight is 426 g/mol. The van der Waals surface area contributed by atoms with E-state index < -0.39 is 29.4 Å². The number of hydrogen-bond donors (Lipinski definition) is 2. The van der Waals surface area contributed by atoms with E-state index in [-0.39, 0.29) is 12.8 Å². The van der Waals surface area contributed by atoms with Gasteiger partial charge >= 0.3 is 12.4 Å². The molecule has 3 aromatic rings. The van der Waals surface area contributed by atoms with Crippen molar-refractivity contribution in [2.75, 3.05) is 0 Å². The zero-order valence-corrected chi connectivity index (χ0v) is 15.4. The monoisotopic (exact) mass is 426 g/mol. The molecule has 0 atom stereocenters. The summed E-state index contributed by atoms with van der Waals surface area (Å²) in [6.07, 6.45) is -8.71. The second-order valence-electron chi connectivity index (χ2n) is 6.70. The fraction of sp³-hybridized carbons (Fsp3) is 0.190. The summed E-state index contributed by atoms with van der Waals surface area (Å²) in [5, 5.41) is 0. The van der Waals surface area contributed by atoms with Crippen LogP contribution in [0.3, 0.4) is 0 Å². The van der Waals surface area contributed by atoms with Crippen molar-refractivity contribution in [3.63, 3.8) is 0 Å². The molecule has 0 radical (unpaired) electrons. The van der Waals surface area contributed by atoms with Gasteiger partial charge in [-0.05, 0) is 53.4 Å². The van der Waals surface area contributed by atoms with Crippen LogP contribution in [0.2, 0.25) is 0 Å². The summed E-state index contributed by atoms with van der Waals surface area (Å²) in [6.45, 7) is 0. The van der Waals surface area contributed by atoms with E-state index in [1.54, 1.807) is 6.07 Å². The van der Waals surface area contributed by atoms with Crippen LogP contribution in [0.1, 0.15) is 23.1 Å². The zero-order chi connectivity index (χ0) is 22.1. The Morgan fingerprint density at radius 3 is 1.70 bits per heavy atom. The van der Waals surface area contributed by atoms with Crippen molar-refractivity contribution in [3.8, 4) is 22.5 Å². The van der Waals surface area contributed by atoms with Crippen molar-refractivity contribution >= 4 is 5.91 Å². The van der Waals surface area contributed by atoms with Crippen LogP contribution in [-0.4, -0.2) is 10.9 Å². The van der Waals surface area contributed by atoms with E-state index in [1.807, 2.05) is 0 Å². The van der Waals surface area contributed by atoms with Gasteiger partial charge in [0.2, 0.25) is 5.91 Å². The molecule has 3 nitrogen and oxygen atoms in total. The van der Waals surface area contributed by atoms with Crippen LogP contribution >= 0.6 is 0 Å². The molecule has 1 heterocycles. The fourth-order valence-electron chi connectivity index (χ4n) is 3.03. The lowest BCUT2D eigenvalue weighted by atomic mass is 10.0. The van der Waals surface area contributed by atoms with Gasteiger partial charge in [-0.3, -0.25) is 4.79 Å². The van der Waals surface area contributed by atoms with E-state index in [4.69, 9.17) is 5.73 Å². The number of aromatic nitrogens is 1. The number of nitrogens with one attached hydrogen (secondary N) is 1. The van der Waals surface area contributed by atoms with Crippen LogP contribution < -0.4 is 5.73 Å². The number of H-pyrrole nitrogens is 1. The largest absolute Gasteiger partial charge is 0.416 e. The Labute approximate surface area is 167 Å². The second-order valence-corrected chi connectivity index (χ2v) is 6.70. The minimum Gasteiger partial charge on any atom is -0.370 e. The molecule has 158 valence electrons. The predicted octanol–water partition coefficient (Wildman–Crippen LogP) is 5.80. The van der Waals surface area contributed by atoms with Crippen LogP contribution in [0.4, 0.5) is 26.3 Å². The molecule has 1 amide bonds. The molecular weight excluding hydrogens is 410 g/mol. The summed E-state index contributed by atoms with van der Waals surface area (Å²) in [5.41, 5.74) is 6.05. The minimum atomic E-state index is -4.48. The number of benzene rings is 2. The van der Waals surface area contributed by atoms with Crippen molar-refractivity contribution in [3.05, 3.63) is 71.3 Å². The van der Waals surface area contributed by atoms with Crippen LogP contribution in [0.25, 0.3) is 22.5 Å². The molecule has 0 saturated carbocycles. The first kappa shape index (κ1) is 21.5. The molecule has 30 heavy (non-hydrogen) atoms. The number of aromatic amines is 1. The Balaban J connectivity index is 2.00. The first-order valence-electron chi connectivity index (χ1n) is 8.80. The highest BCUT2D eigenvalue weighted by molar-refractivity contribution is 5.76. The highest BCUT2D eigenvalue weighted by Gasteiger charge is 2.31. The van der Waals surface area contributed by atoms with Crippen LogP contribution in [-0.2, 0) is 23.6 Å². The van der Waals surface area contributed by atoms with E-state index in [0.717, 1.165) is 24.3 Å². The molecule has 0 fully saturated rings. The number of primary amides is 1. The van der Waals surface area contributed by atoms with Gasteiger partial charge < -0.3 is 10.7 Å². The Morgan fingerprint density at radius 2 is 1.27 bits per heavy atom. The Kier molecular flexibility index (Phi) is 5.65. The molecule has 0 aliphatic carbocycles. The smallest absolute Gasteiger partial charge is 0.370 e. The summed E-state index contributed by atoms with van der Waals surface area (Å²) < 4.78 is 76.8. The normalized spacial score (nSPS) is 12.2. The minimum absolute atomic E-state index is 0.0118. The van der Waals surface area contributed by atoms with Gasteiger partial charge in [0.1, 0.15) is 0 Å². The van der Waals surface area contributed by atoms with Crippen molar-refractivity contribution < 1.29 is 31.1 Å². The number of carbonyl (C=O) groups excluding carboxylic acids is 1. The van der Waals surface area contributed by atoms with Gasteiger partial charge in [0, 0.05) is 17.8 Å². The summed E-state index contributed by atoms with van der Waals surface area (Å²) in [7, 11) is 0. The van der Waals surface area contributed by atoms with Gasteiger partial charge in [-0.15, -0.1) is 0 Å². The number of nitrogens with two attached hydrogens (primary N) is 1. The molecule has 2 aromatic carbocycles. The summed E-state index contributed by atoms with van der Waals surface area (Å²) in [5.74, 6) is -0.550. The van der Waals surface area contributed by atoms with Crippen LogP contribution in [0.5, 0.6) is 0 Å². The van der Waals surface area contributed by atoms with Gasteiger partial charge in [-0.2, -0.15) is 26.3 Å². The maximum Gasteiger partial charge on any atom is 0.416 e. The molecule has 3 rings (SSSR count). The number of rotatable bonds is 5. The fourth-order valence-corrected chi connectivity index (χ4v) is 3.03. The lowest BCUT2D eigenvalue weighted by Crippen LogP contribution is -2.11. The molecule has 0 unspecified atom stereocenters. The SMILES string of the molecule is NC(=O)CCc1cc(-c2ccc(C(F)(F)F)cc2)[nH]c1-c1ccc(C(F)(F)F)cc1. The average Bonchev–Trinajstić information content (AvgIpc) is 3.09. The number of carbonyl (C=O) groups is 1. The number of amides is 1. The number of halogens is 6. The second kappa shape index (κ2) is 7.89. The molecular formula is C21H16F6N2O. The maximum absolute atomic E-state index is 12.8. The molecule has 3 N–H and O–H groups in total. The third kappa shape index (κ3) is 4.84. The molecule has 0 aliphatic rings. The Bertz CT molecular complexity index is 1030. The Morgan fingerprint density at radius 1 is 0.800 bits per heavy atom. The standard InChI is InChI=1S/C21H16F6N2O/c22-20(23,24)15-6-1-12(2-7-15)17-11-14(5-10-18(28)30)19(29-17)13-3-8-16(9-4-13)21(25,26)27/h1-4,6-9,11,29H,5,10H2,(H2,28,30). The van der Waals surface area contributed by atoms with Crippen molar-refractivity contribution in [2.24, 2.45) is 5.73 Å². The zero-order valence-electron chi connectivity index (χ0n) is 15.4. The van der Waals surface area contributed by atoms with Crippen molar-refractivity contribution in [1.82, 2.24) is 4.98 Å². The first-order chi connectivity index (χ1) is 13.9. The van der Waals surface area contributed by atoms with Crippen LogP contribution in [0.15, 0.2) is 54.6 Å². The van der Waals surface area contributed by atoms with Gasteiger partial charge in [0.25, 0.3) is 0 Å². The molecule has 0 bridgehead atoms. The van der Waals surface area contributed by atoms with Gasteiger partial charge in [-0.1, -0.05) is 24.3 Å². The van der Waals surface area contributed by atoms with Gasteiger partial charge in [0.15, 0.2) is 0 Å². The van der Waals surface area contributed by atoms with Crippen molar-refractivity contribution in [1.29, 1.82) is 0 Å². The highest BCUT2D eigenvalue weighted by Crippen LogP contribution is 2.35. The summed E-state index contributed by atoms with van der Waals surface area (Å²) in [4.78, 5) is 14.2. The molecule has 0 saturated heterocycles. The quantitative estimate of drug-likeness (QED) is 0.498. The van der Waals surface area contributed by atoms with Gasteiger partial charge in [-0.25, -0.2) is 0 Å². The number of hydrogen-bond acceptors (Lipinski definition) is 1. The maximum atomic E-state index is 12.8. The Hall–Kier alpha value is -3.23. The molecule has 0 aliphatic heterocycles. The van der Waals surface area contributed by atoms with Crippen molar-refractivity contribution in [2.45, 2.75) is 25.2 Å². The van der Waals surface area contributed by atoms with Gasteiger partial charge in [0.05, 0.1) is 11.1 Å². The van der Waals surface area contributed by atoms with E-state index >= 15 is 0 Å². The number of alkyl halides is 6. The van der Waals surface area contributed by atoms with E-state index in [2.05, 4.69) is 4.98 Å². The van der Waals surface area contributed by atoms with Crippen LogP contribution in [0, 0.1) is 0 Å².